The summed E-state index contributed by atoms with van der Waals surface area (Å²) in [5.74, 6) is -5.99. The third-order valence-electron chi connectivity index (χ3n) is 3.90. The molecule has 3 aromatic rings. The summed E-state index contributed by atoms with van der Waals surface area (Å²) in [4.78, 5) is 0. The zero-order valence-electron chi connectivity index (χ0n) is 13.7. The zero-order chi connectivity index (χ0) is 19.6. The fourth-order valence-corrected chi connectivity index (χ4v) is 4.97. The normalized spacial score (nSPS) is 13.0. The van der Waals surface area contributed by atoms with E-state index in [0.717, 1.165) is 12.1 Å². The molecule has 0 saturated heterocycles. The van der Waals surface area contributed by atoms with Crippen LogP contribution in [-0.4, -0.2) is 6.43 Å². The molecule has 0 fully saturated rings. The summed E-state index contributed by atoms with van der Waals surface area (Å²) in [6.07, 6.45) is -3.96. The molecule has 0 saturated carbocycles. The van der Waals surface area contributed by atoms with Crippen molar-refractivity contribution >= 4 is 23.8 Å². The lowest BCUT2D eigenvalue weighted by Crippen LogP contribution is -2.27. The maximum absolute atomic E-state index is 14.0. The van der Waals surface area contributed by atoms with Gasteiger partial charge in [-0.1, -0.05) is 42.5 Å². The SMILES string of the molecule is Fc1ccc(P(c2ccccc2)c2cc(F)cc(C(F)(F)C(F)F)c2)cc1. The molecule has 0 spiro atoms. The van der Waals surface area contributed by atoms with E-state index in [9.17, 15) is 26.3 Å². The lowest BCUT2D eigenvalue weighted by molar-refractivity contribution is -0.135. The Kier molecular flexibility index (Phi) is 5.56. The molecule has 0 aromatic heterocycles. The van der Waals surface area contributed by atoms with E-state index in [4.69, 9.17) is 0 Å². The van der Waals surface area contributed by atoms with Gasteiger partial charge in [-0.2, -0.15) is 8.78 Å². The first-order valence-corrected chi connectivity index (χ1v) is 9.21. The second-order valence-corrected chi connectivity index (χ2v) is 7.99. The molecule has 140 valence electrons. The van der Waals surface area contributed by atoms with Crippen molar-refractivity contribution in [2.75, 3.05) is 0 Å². The van der Waals surface area contributed by atoms with Crippen LogP contribution in [0.4, 0.5) is 26.3 Å². The van der Waals surface area contributed by atoms with Crippen molar-refractivity contribution in [2.45, 2.75) is 12.3 Å². The number of hydrogen-bond donors (Lipinski definition) is 0. The van der Waals surface area contributed by atoms with Gasteiger partial charge in [-0.3, -0.25) is 0 Å². The van der Waals surface area contributed by atoms with Crippen molar-refractivity contribution in [3.05, 3.63) is 90.0 Å². The number of hydrogen-bond acceptors (Lipinski definition) is 0. The Balaban J connectivity index is 2.18. The van der Waals surface area contributed by atoms with Gasteiger partial charge in [0.1, 0.15) is 11.6 Å². The predicted molar refractivity (Wildman–Crippen MR) is 95.0 cm³/mol. The van der Waals surface area contributed by atoms with Crippen LogP contribution < -0.4 is 15.9 Å². The van der Waals surface area contributed by atoms with Crippen molar-refractivity contribution in [3.63, 3.8) is 0 Å². The highest BCUT2D eigenvalue weighted by Crippen LogP contribution is 2.38. The van der Waals surface area contributed by atoms with E-state index >= 15 is 0 Å². The second kappa shape index (κ2) is 7.73. The molecule has 7 heteroatoms. The van der Waals surface area contributed by atoms with Gasteiger partial charge in [-0.25, -0.2) is 17.6 Å². The molecule has 0 N–H and O–H groups in total. The molecule has 0 aliphatic heterocycles. The first-order valence-electron chi connectivity index (χ1n) is 7.87. The summed E-state index contributed by atoms with van der Waals surface area (Å²) in [5, 5.41) is 1.41. The van der Waals surface area contributed by atoms with E-state index in [2.05, 4.69) is 0 Å². The van der Waals surface area contributed by atoms with Crippen molar-refractivity contribution in [3.8, 4) is 0 Å². The molecule has 0 radical (unpaired) electrons. The topological polar surface area (TPSA) is 0 Å². The zero-order valence-corrected chi connectivity index (χ0v) is 14.6. The van der Waals surface area contributed by atoms with Gasteiger partial charge in [0.15, 0.2) is 0 Å². The first-order chi connectivity index (χ1) is 12.8. The van der Waals surface area contributed by atoms with E-state index in [1.807, 2.05) is 0 Å². The Labute approximate surface area is 153 Å². The van der Waals surface area contributed by atoms with Crippen LogP contribution in [0, 0.1) is 11.6 Å². The molecule has 3 rings (SSSR count). The Hall–Kier alpha value is -2.33. The van der Waals surface area contributed by atoms with Gasteiger partial charge >= 0.3 is 12.3 Å². The summed E-state index contributed by atoms with van der Waals surface area (Å²) in [5.41, 5.74) is -1.09. The monoisotopic (exact) mass is 398 g/mol. The minimum absolute atomic E-state index is 0.137. The average molecular weight is 398 g/mol. The van der Waals surface area contributed by atoms with E-state index in [1.165, 1.54) is 24.3 Å². The Morgan fingerprint density at radius 3 is 1.85 bits per heavy atom. The third kappa shape index (κ3) is 4.16. The van der Waals surface area contributed by atoms with Crippen molar-refractivity contribution in [1.82, 2.24) is 0 Å². The Bertz CT molecular complexity index is 910. The van der Waals surface area contributed by atoms with E-state index in [-0.39, 0.29) is 5.30 Å². The maximum atomic E-state index is 14.0. The maximum Gasteiger partial charge on any atom is 0.332 e. The van der Waals surface area contributed by atoms with Crippen LogP contribution in [0.15, 0.2) is 72.8 Å². The highest BCUT2D eigenvalue weighted by molar-refractivity contribution is 7.79. The van der Waals surface area contributed by atoms with E-state index in [1.54, 1.807) is 30.3 Å². The summed E-state index contributed by atoms with van der Waals surface area (Å²) in [7, 11) is -1.54. The molecule has 27 heavy (non-hydrogen) atoms. The van der Waals surface area contributed by atoms with E-state index < -0.39 is 37.5 Å². The average Bonchev–Trinajstić information content (AvgIpc) is 2.64. The van der Waals surface area contributed by atoms with Crippen LogP contribution in [-0.2, 0) is 5.92 Å². The van der Waals surface area contributed by atoms with Gasteiger partial charge in [0.05, 0.1) is 0 Å². The minimum Gasteiger partial charge on any atom is -0.207 e. The summed E-state index contributed by atoms with van der Waals surface area (Å²) < 4.78 is 80.4. The van der Waals surface area contributed by atoms with Gasteiger partial charge < -0.3 is 0 Å². The molecule has 0 bridgehead atoms. The van der Waals surface area contributed by atoms with Gasteiger partial charge in [0.25, 0.3) is 0 Å². The van der Waals surface area contributed by atoms with Crippen molar-refractivity contribution < 1.29 is 26.3 Å². The van der Waals surface area contributed by atoms with Crippen molar-refractivity contribution in [1.29, 1.82) is 0 Å². The van der Waals surface area contributed by atoms with Gasteiger partial charge in [0, 0.05) is 5.56 Å². The molecule has 1 atom stereocenters. The lowest BCUT2D eigenvalue weighted by Gasteiger charge is -2.22. The summed E-state index contributed by atoms with van der Waals surface area (Å²) in [6.45, 7) is 0. The van der Waals surface area contributed by atoms with Crippen LogP contribution in [0.5, 0.6) is 0 Å². The molecule has 1 unspecified atom stereocenters. The van der Waals surface area contributed by atoms with E-state index in [0.29, 0.717) is 16.7 Å². The molecule has 3 aromatic carbocycles. The number of benzene rings is 3. The number of halogens is 6. The molecule has 0 amide bonds. The van der Waals surface area contributed by atoms with Crippen LogP contribution >= 0.6 is 7.92 Å². The second-order valence-electron chi connectivity index (χ2n) is 5.77. The smallest absolute Gasteiger partial charge is 0.207 e. The molecule has 0 nitrogen and oxygen atoms in total. The third-order valence-corrected chi connectivity index (χ3v) is 6.30. The quantitative estimate of drug-likeness (QED) is 0.415. The molecule has 0 aliphatic rings. The van der Waals surface area contributed by atoms with Crippen LogP contribution in [0.2, 0.25) is 0 Å². The largest absolute Gasteiger partial charge is 0.332 e. The molecular formula is C20H13F6P. The fourth-order valence-electron chi connectivity index (χ4n) is 2.64. The summed E-state index contributed by atoms with van der Waals surface area (Å²) in [6, 6.07) is 16.4. The van der Waals surface area contributed by atoms with Gasteiger partial charge in [-0.15, -0.1) is 0 Å². The van der Waals surface area contributed by atoms with Gasteiger partial charge in [0.2, 0.25) is 0 Å². The molecule has 0 aliphatic carbocycles. The highest BCUT2D eigenvalue weighted by atomic mass is 31.1. The molecular weight excluding hydrogens is 385 g/mol. The standard InChI is InChI=1S/C20H13F6P/c21-14-6-8-17(9-7-14)27(16-4-2-1-3-5-16)18-11-13(10-15(22)12-18)20(25,26)19(23)24/h1-12,19H. The Morgan fingerprint density at radius 1 is 0.667 bits per heavy atom. The van der Waals surface area contributed by atoms with Crippen LogP contribution in [0.25, 0.3) is 0 Å². The number of rotatable bonds is 5. The van der Waals surface area contributed by atoms with Crippen molar-refractivity contribution in [2.24, 2.45) is 0 Å². The van der Waals surface area contributed by atoms with Crippen LogP contribution in [0.3, 0.4) is 0 Å². The Morgan fingerprint density at radius 2 is 1.26 bits per heavy atom. The van der Waals surface area contributed by atoms with Crippen LogP contribution in [0.1, 0.15) is 5.56 Å². The minimum atomic E-state index is -4.47. The van der Waals surface area contributed by atoms with Gasteiger partial charge in [-0.05, 0) is 54.2 Å². The summed E-state index contributed by atoms with van der Waals surface area (Å²) >= 11 is 0. The first kappa shape index (κ1) is 19.4. The lowest BCUT2D eigenvalue weighted by atomic mass is 10.1. The number of alkyl halides is 4. The fraction of sp³-hybridized carbons (Fsp3) is 0.100. The highest BCUT2D eigenvalue weighted by Gasteiger charge is 2.43. The molecule has 0 heterocycles. The predicted octanol–water partition coefficient (Wildman–Crippen LogP) is 5.08.